The molecule has 0 unspecified atom stereocenters. The number of hydrogen-bond acceptors (Lipinski definition) is 3. The summed E-state index contributed by atoms with van der Waals surface area (Å²) in [6.07, 6.45) is 2.19. The van der Waals surface area contributed by atoms with Crippen LogP contribution in [-0.4, -0.2) is 34.8 Å². The van der Waals surface area contributed by atoms with E-state index in [-0.39, 0.29) is 11.8 Å². The van der Waals surface area contributed by atoms with E-state index in [1.807, 2.05) is 13.1 Å². The average molecular weight is 493 g/mol. The average Bonchev–Trinajstić information content (AvgIpc) is 3.10. The van der Waals surface area contributed by atoms with Gasteiger partial charge < -0.3 is 10.2 Å². The molecule has 0 bridgehead atoms. The Bertz CT molecular complexity index is 1060. The number of amides is 1. The third-order valence-electron chi connectivity index (χ3n) is 5.56. The summed E-state index contributed by atoms with van der Waals surface area (Å²) < 4.78 is 43.9. The van der Waals surface area contributed by atoms with Gasteiger partial charge in [-0.15, -0.1) is 0 Å². The minimum Gasteiger partial charge on any atom is -0.354 e. The van der Waals surface area contributed by atoms with Crippen LogP contribution in [0, 0.1) is 17.5 Å². The van der Waals surface area contributed by atoms with Crippen molar-refractivity contribution in [3.63, 3.8) is 0 Å². The normalized spacial score (nSPS) is 18.8. The van der Waals surface area contributed by atoms with Gasteiger partial charge in [0.2, 0.25) is 0 Å². The van der Waals surface area contributed by atoms with Gasteiger partial charge in [-0.1, -0.05) is 18.2 Å². The van der Waals surface area contributed by atoms with Crippen molar-refractivity contribution in [1.29, 1.82) is 0 Å². The van der Waals surface area contributed by atoms with Crippen molar-refractivity contribution >= 4 is 27.7 Å². The minimum atomic E-state index is -1.50. The van der Waals surface area contributed by atoms with E-state index in [9.17, 15) is 18.0 Å². The summed E-state index contributed by atoms with van der Waals surface area (Å²) >= 11 is 3.49. The van der Waals surface area contributed by atoms with Gasteiger partial charge in [-0.2, -0.15) is 5.10 Å². The fraction of sp³-hybridized carbons (Fsp3) is 0.273. The Hall–Kier alpha value is -2.81. The van der Waals surface area contributed by atoms with Crippen LogP contribution < -0.4 is 10.2 Å². The van der Waals surface area contributed by atoms with E-state index in [2.05, 4.69) is 31.2 Å². The summed E-state index contributed by atoms with van der Waals surface area (Å²) in [6, 6.07) is 10.3. The molecule has 0 saturated carbocycles. The third-order valence-corrected chi connectivity index (χ3v) is 6.12. The fourth-order valence-corrected chi connectivity index (χ4v) is 4.68. The zero-order chi connectivity index (χ0) is 22.1. The quantitative estimate of drug-likeness (QED) is 0.549. The Labute approximate surface area is 186 Å². The number of anilines is 1. The number of aryl methyl sites for hydroxylation is 1. The molecule has 3 aromatic rings. The first kappa shape index (κ1) is 21.4. The topological polar surface area (TPSA) is 50.2 Å². The Morgan fingerprint density at radius 2 is 1.84 bits per heavy atom. The molecule has 5 nitrogen and oxygen atoms in total. The van der Waals surface area contributed by atoms with Crippen LogP contribution in [0.15, 0.2) is 53.1 Å². The number of benzene rings is 2. The molecule has 2 atom stereocenters. The number of halogens is 4. The molecule has 1 N–H and O–H groups in total. The van der Waals surface area contributed by atoms with Gasteiger partial charge >= 0.3 is 0 Å². The Morgan fingerprint density at radius 1 is 1.16 bits per heavy atom. The Balaban J connectivity index is 1.66. The number of carbonyl (C=O) groups is 1. The molecule has 2 heterocycles. The highest BCUT2D eigenvalue weighted by atomic mass is 79.9. The standard InChI is InChI=1S/C22H20BrF3N4O/c1-29-22(16(23)11-27-29)30-8-7-15(14-9-17(24)20(26)18(25)10-14)19(12-30)28-21(31)13-5-3-2-4-6-13/h2-6,9-11,15,19H,7-8,12H2,1H3,(H,28,31)/t15-,19+/m0/s1. The van der Waals surface area contributed by atoms with Crippen molar-refractivity contribution < 1.29 is 18.0 Å². The van der Waals surface area contributed by atoms with Crippen molar-refractivity contribution in [2.24, 2.45) is 7.05 Å². The van der Waals surface area contributed by atoms with Crippen LogP contribution in [0.1, 0.15) is 28.3 Å². The molecular formula is C22H20BrF3N4O. The molecule has 162 valence electrons. The van der Waals surface area contributed by atoms with E-state index in [1.54, 1.807) is 35.1 Å². The maximum absolute atomic E-state index is 13.9. The van der Waals surface area contributed by atoms with Crippen LogP contribution in [0.25, 0.3) is 0 Å². The van der Waals surface area contributed by atoms with Gasteiger partial charge in [0.25, 0.3) is 5.91 Å². The molecular weight excluding hydrogens is 473 g/mol. The number of hydrogen-bond donors (Lipinski definition) is 1. The smallest absolute Gasteiger partial charge is 0.251 e. The lowest BCUT2D eigenvalue weighted by atomic mass is 9.84. The summed E-state index contributed by atoms with van der Waals surface area (Å²) in [5.41, 5.74) is 0.801. The lowest BCUT2D eigenvalue weighted by Gasteiger charge is -2.40. The maximum atomic E-state index is 13.9. The number of piperidine rings is 1. The van der Waals surface area contributed by atoms with Crippen molar-refractivity contribution in [1.82, 2.24) is 15.1 Å². The molecule has 2 aromatic carbocycles. The van der Waals surface area contributed by atoms with Crippen LogP contribution in [0.3, 0.4) is 0 Å². The zero-order valence-electron chi connectivity index (χ0n) is 16.7. The van der Waals surface area contributed by atoms with Crippen molar-refractivity contribution in [3.8, 4) is 0 Å². The third kappa shape index (κ3) is 4.32. The second kappa shape index (κ2) is 8.74. The van der Waals surface area contributed by atoms with Crippen LogP contribution in [0.4, 0.5) is 19.0 Å². The van der Waals surface area contributed by atoms with E-state index in [0.29, 0.717) is 30.6 Å². The first-order valence-corrected chi connectivity index (χ1v) is 10.6. The van der Waals surface area contributed by atoms with Gasteiger partial charge in [0, 0.05) is 31.6 Å². The Morgan fingerprint density at radius 3 is 2.45 bits per heavy atom. The summed E-state index contributed by atoms with van der Waals surface area (Å²) in [5, 5.41) is 7.24. The summed E-state index contributed by atoms with van der Waals surface area (Å²) in [6.45, 7) is 0.961. The van der Waals surface area contributed by atoms with E-state index in [4.69, 9.17) is 0 Å². The number of aromatic nitrogens is 2. The molecule has 1 fully saturated rings. The highest BCUT2D eigenvalue weighted by Gasteiger charge is 2.34. The number of nitrogens with zero attached hydrogens (tertiary/aromatic N) is 3. The predicted octanol–water partition coefficient (Wildman–Crippen LogP) is 4.39. The molecule has 9 heteroatoms. The molecule has 1 amide bonds. The van der Waals surface area contributed by atoms with E-state index in [1.165, 1.54) is 0 Å². The monoisotopic (exact) mass is 492 g/mol. The summed E-state index contributed by atoms with van der Waals surface area (Å²) in [4.78, 5) is 14.9. The SMILES string of the molecule is Cn1ncc(Br)c1N1CC[C@@H](c2cc(F)c(F)c(F)c2)[C@H](NC(=O)c2ccccc2)C1. The predicted molar refractivity (Wildman–Crippen MR) is 114 cm³/mol. The van der Waals surface area contributed by atoms with E-state index >= 15 is 0 Å². The zero-order valence-corrected chi connectivity index (χ0v) is 18.2. The highest BCUT2D eigenvalue weighted by molar-refractivity contribution is 9.10. The second-order valence-electron chi connectivity index (χ2n) is 7.53. The largest absolute Gasteiger partial charge is 0.354 e. The number of carbonyl (C=O) groups excluding carboxylic acids is 1. The molecule has 1 aliphatic rings. The molecule has 1 saturated heterocycles. The molecule has 31 heavy (non-hydrogen) atoms. The highest BCUT2D eigenvalue weighted by Crippen LogP contribution is 2.34. The number of nitrogens with one attached hydrogen (secondary N) is 1. The van der Waals surface area contributed by atoms with Crippen molar-refractivity contribution in [2.75, 3.05) is 18.0 Å². The fourth-order valence-electron chi connectivity index (χ4n) is 4.08. The van der Waals surface area contributed by atoms with Gasteiger partial charge in [0.05, 0.1) is 16.7 Å². The van der Waals surface area contributed by atoms with Gasteiger partial charge in [-0.05, 0) is 52.2 Å². The van der Waals surface area contributed by atoms with Gasteiger partial charge in [0.1, 0.15) is 5.82 Å². The van der Waals surface area contributed by atoms with E-state index in [0.717, 1.165) is 22.4 Å². The van der Waals surface area contributed by atoms with Crippen molar-refractivity contribution in [2.45, 2.75) is 18.4 Å². The molecule has 1 aliphatic heterocycles. The molecule has 4 rings (SSSR count). The maximum Gasteiger partial charge on any atom is 0.251 e. The van der Waals surface area contributed by atoms with Crippen LogP contribution in [0.2, 0.25) is 0 Å². The number of rotatable bonds is 4. The molecule has 0 aliphatic carbocycles. The second-order valence-corrected chi connectivity index (χ2v) is 8.38. The van der Waals surface area contributed by atoms with Gasteiger partial charge in [-0.3, -0.25) is 9.48 Å². The first-order valence-electron chi connectivity index (χ1n) is 9.78. The van der Waals surface area contributed by atoms with Crippen LogP contribution in [0.5, 0.6) is 0 Å². The minimum absolute atomic E-state index is 0.287. The molecule has 0 radical (unpaired) electrons. The van der Waals surface area contributed by atoms with E-state index < -0.39 is 23.5 Å². The lowest BCUT2D eigenvalue weighted by Crippen LogP contribution is -2.52. The summed E-state index contributed by atoms with van der Waals surface area (Å²) in [7, 11) is 1.81. The van der Waals surface area contributed by atoms with Crippen LogP contribution in [-0.2, 0) is 7.05 Å². The summed E-state index contributed by atoms with van der Waals surface area (Å²) in [5.74, 6) is -3.80. The molecule has 1 aromatic heterocycles. The van der Waals surface area contributed by atoms with Gasteiger partial charge in [-0.25, -0.2) is 13.2 Å². The van der Waals surface area contributed by atoms with Gasteiger partial charge in [0.15, 0.2) is 17.5 Å². The van der Waals surface area contributed by atoms with Crippen molar-refractivity contribution in [3.05, 3.63) is 81.7 Å². The Kier molecular flexibility index (Phi) is 6.04. The first-order chi connectivity index (χ1) is 14.8. The lowest BCUT2D eigenvalue weighted by molar-refractivity contribution is 0.0927. The molecule has 0 spiro atoms. The van der Waals surface area contributed by atoms with Crippen LogP contribution >= 0.6 is 15.9 Å².